The fraction of sp³-hybridized carbons (Fsp3) is 0.500. The largest absolute Gasteiger partial charge is 0.476 e. The molecule has 0 bridgehead atoms. The van der Waals surface area contributed by atoms with Crippen LogP contribution < -0.4 is 4.90 Å². The van der Waals surface area contributed by atoms with E-state index in [9.17, 15) is 4.79 Å². The number of hydrogen-bond donors (Lipinski definition) is 1. The lowest BCUT2D eigenvalue weighted by Crippen LogP contribution is -2.42. The number of hydrogen-bond acceptors (Lipinski definition) is 5. The second-order valence-corrected chi connectivity index (χ2v) is 3.66. The molecule has 1 aliphatic rings. The quantitative estimate of drug-likeness (QED) is 0.782. The highest BCUT2D eigenvalue weighted by atomic mass is 16.5. The molecule has 1 aliphatic heterocycles. The first-order valence-electron chi connectivity index (χ1n) is 5.09. The van der Waals surface area contributed by atoms with Gasteiger partial charge in [-0.3, -0.25) is 0 Å². The van der Waals surface area contributed by atoms with Gasteiger partial charge in [0.05, 0.1) is 12.7 Å². The van der Waals surface area contributed by atoms with Crippen LogP contribution in [0.3, 0.4) is 0 Å². The zero-order valence-corrected chi connectivity index (χ0v) is 8.96. The minimum atomic E-state index is -1.05. The molecule has 0 radical (unpaired) electrons. The van der Waals surface area contributed by atoms with Gasteiger partial charge in [0.1, 0.15) is 0 Å². The molecule has 6 nitrogen and oxygen atoms in total. The van der Waals surface area contributed by atoms with Crippen molar-refractivity contribution in [1.82, 2.24) is 9.97 Å². The SMILES string of the molecule is CC1CN(c2nccnc2C(=O)O)CCO1. The first kappa shape index (κ1) is 10.8. The normalized spacial score (nSPS) is 20.8. The number of nitrogens with zero attached hydrogens (tertiary/aromatic N) is 3. The van der Waals surface area contributed by atoms with Crippen LogP contribution >= 0.6 is 0 Å². The van der Waals surface area contributed by atoms with Gasteiger partial charge in [-0.1, -0.05) is 0 Å². The molecule has 16 heavy (non-hydrogen) atoms. The molecule has 1 saturated heterocycles. The van der Waals surface area contributed by atoms with Crippen LogP contribution in [0.2, 0.25) is 0 Å². The van der Waals surface area contributed by atoms with Crippen LogP contribution in [0.25, 0.3) is 0 Å². The Morgan fingerprint density at radius 1 is 1.56 bits per heavy atom. The molecule has 0 aromatic carbocycles. The third kappa shape index (κ3) is 2.11. The van der Waals surface area contributed by atoms with Gasteiger partial charge in [-0.25, -0.2) is 14.8 Å². The van der Waals surface area contributed by atoms with Crippen LogP contribution in [-0.2, 0) is 4.74 Å². The van der Waals surface area contributed by atoms with Crippen molar-refractivity contribution < 1.29 is 14.6 Å². The van der Waals surface area contributed by atoms with Gasteiger partial charge < -0.3 is 14.7 Å². The second kappa shape index (κ2) is 4.44. The van der Waals surface area contributed by atoms with E-state index in [-0.39, 0.29) is 11.8 Å². The predicted molar refractivity (Wildman–Crippen MR) is 56.6 cm³/mol. The molecule has 1 aromatic heterocycles. The lowest BCUT2D eigenvalue weighted by atomic mass is 10.2. The Morgan fingerprint density at radius 3 is 3.00 bits per heavy atom. The van der Waals surface area contributed by atoms with Crippen LogP contribution in [0.15, 0.2) is 12.4 Å². The van der Waals surface area contributed by atoms with Crippen molar-refractivity contribution in [3.05, 3.63) is 18.1 Å². The van der Waals surface area contributed by atoms with Crippen LogP contribution in [0.1, 0.15) is 17.4 Å². The molecule has 6 heteroatoms. The van der Waals surface area contributed by atoms with E-state index in [1.54, 1.807) is 0 Å². The average molecular weight is 223 g/mol. The summed E-state index contributed by atoms with van der Waals surface area (Å²) in [5.74, 6) is -0.632. The maximum atomic E-state index is 11.0. The molecule has 0 amide bonds. The van der Waals surface area contributed by atoms with Crippen molar-refractivity contribution in [2.45, 2.75) is 13.0 Å². The van der Waals surface area contributed by atoms with E-state index in [1.165, 1.54) is 12.4 Å². The number of carbonyl (C=O) groups is 1. The molecular weight excluding hydrogens is 210 g/mol. The van der Waals surface area contributed by atoms with Crippen LogP contribution in [0, 0.1) is 0 Å². The van der Waals surface area contributed by atoms with Crippen molar-refractivity contribution in [3.63, 3.8) is 0 Å². The number of carboxylic acids is 1. The van der Waals surface area contributed by atoms with Crippen LogP contribution in [0.4, 0.5) is 5.82 Å². The predicted octanol–water partition coefficient (Wildman–Crippen LogP) is 0.400. The Bertz CT molecular complexity index is 397. The van der Waals surface area contributed by atoms with Crippen molar-refractivity contribution in [1.29, 1.82) is 0 Å². The monoisotopic (exact) mass is 223 g/mol. The summed E-state index contributed by atoms with van der Waals surface area (Å²) in [6.07, 6.45) is 2.97. The topological polar surface area (TPSA) is 75.6 Å². The summed E-state index contributed by atoms with van der Waals surface area (Å²) in [5.41, 5.74) is -0.00315. The standard InChI is InChI=1S/C10H13N3O3/c1-7-6-13(4-5-16-7)9-8(10(14)15)11-2-3-12-9/h2-3,7H,4-6H2,1H3,(H,14,15). The third-order valence-corrected chi connectivity index (χ3v) is 2.42. The Morgan fingerprint density at radius 2 is 2.31 bits per heavy atom. The lowest BCUT2D eigenvalue weighted by Gasteiger charge is -2.32. The number of ether oxygens (including phenoxy) is 1. The summed E-state index contributed by atoms with van der Waals surface area (Å²) in [7, 11) is 0. The first-order valence-corrected chi connectivity index (χ1v) is 5.09. The lowest BCUT2D eigenvalue weighted by molar-refractivity contribution is 0.0524. The van der Waals surface area contributed by atoms with Crippen LogP contribution in [-0.4, -0.2) is 46.8 Å². The number of anilines is 1. The summed E-state index contributed by atoms with van der Waals surface area (Å²) < 4.78 is 5.39. The van der Waals surface area contributed by atoms with Gasteiger partial charge in [-0.05, 0) is 6.92 Å². The van der Waals surface area contributed by atoms with E-state index in [0.717, 1.165) is 0 Å². The minimum absolute atomic E-state index is 0.00315. The van der Waals surface area contributed by atoms with E-state index in [0.29, 0.717) is 25.5 Å². The van der Waals surface area contributed by atoms with E-state index in [2.05, 4.69) is 9.97 Å². The number of rotatable bonds is 2. The maximum Gasteiger partial charge on any atom is 0.358 e. The minimum Gasteiger partial charge on any atom is -0.476 e. The van der Waals surface area contributed by atoms with E-state index in [4.69, 9.17) is 9.84 Å². The molecule has 0 aliphatic carbocycles. The van der Waals surface area contributed by atoms with E-state index >= 15 is 0 Å². The molecule has 1 unspecified atom stereocenters. The molecule has 1 N–H and O–H groups in total. The fourth-order valence-electron chi connectivity index (χ4n) is 1.72. The van der Waals surface area contributed by atoms with Gasteiger partial charge >= 0.3 is 5.97 Å². The third-order valence-electron chi connectivity index (χ3n) is 2.42. The Hall–Kier alpha value is -1.69. The number of morpholine rings is 1. The van der Waals surface area contributed by atoms with Gasteiger partial charge in [0.2, 0.25) is 0 Å². The average Bonchev–Trinajstić information content (AvgIpc) is 2.29. The van der Waals surface area contributed by atoms with Gasteiger partial charge in [0.25, 0.3) is 0 Å². The van der Waals surface area contributed by atoms with Gasteiger partial charge in [-0.15, -0.1) is 0 Å². The van der Waals surface area contributed by atoms with Crippen molar-refractivity contribution in [3.8, 4) is 0 Å². The highest BCUT2D eigenvalue weighted by molar-refractivity contribution is 5.90. The highest BCUT2D eigenvalue weighted by Crippen LogP contribution is 2.17. The van der Waals surface area contributed by atoms with Crippen molar-refractivity contribution >= 4 is 11.8 Å². The smallest absolute Gasteiger partial charge is 0.358 e. The van der Waals surface area contributed by atoms with Crippen molar-refractivity contribution in [2.75, 3.05) is 24.6 Å². The molecule has 1 aromatic rings. The zero-order valence-electron chi connectivity index (χ0n) is 8.96. The molecule has 1 fully saturated rings. The molecule has 86 valence electrons. The second-order valence-electron chi connectivity index (χ2n) is 3.66. The Kier molecular flexibility index (Phi) is 3.00. The number of aromatic carboxylic acids is 1. The summed E-state index contributed by atoms with van der Waals surface area (Å²) in [6, 6.07) is 0. The van der Waals surface area contributed by atoms with Gasteiger partial charge in [-0.2, -0.15) is 0 Å². The molecule has 2 heterocycles. The highest BCUT2D eigenvalue weighted by Gasteiger charge is 2.23. The van der Waals surface area contributed by atoms with Gasteiger partial charge in [0.15, 0.2) is 11.5 Å². The summed E-state index contributed by atoms with van der Waals surface area (Å²) >= 11 is 0. The van der Waals surface area contributed by atoms with Gasteiger partial charge in [0, 0.05) is 25.5 Å². The van der Waals surface area contributed by atoms with E-state index in [1.807, 2.05) is 11.8 Å². The fourth-order valence-corrected chi connectivity index (χ4v) is 1.72. The number of aromatic nitrogens is 2. The van der Waals surface area contributed by atoms with Crippen LogP contribution in [0.5, 0.6) is 0 Å². The summed E-state index contributed by atoms with van der Waals surface area (Å²) in [6.45, 7) is 3.81. The molecular formula is C10H13N3O3. The molecule has 0 saturated carbocycles. The Labute approximate surface area is 92.9 Å². The maximum absolute atomic E-state index is 11.0. The molecule has 2 rings (SSSR count). The number of carboxylic acid groups (broad SMARTS) is 1. The summed E-state index contributed by atoms with van der Waals surface area (Å²) in [5, 5.41) is 9.00. The van der Waals surface area contributed by atoms with E-state index < -0.39 is 5.97 Å². The summed E-state index contributed by atoms with van der Waals surface area (Å²) in [4.78, 5) is 20.8. The zero-order chi connectivity index (χ0) is 11.5. The molecule has 1 atom stereocenters. The van der Waals surface area contributed by atoms with Crippen molar-refractivity contribution in [2.24, 2.45) is 0 Å². The Balaban J connectivity index is 2.28. The first-order chi connectivity index (χ1) is 7.68. The molecule has 0 spiro atoms.